The molecule has 0 spiro atoms. The molecule has 0 aromatic heterocycles. The van der Waals surface area contributed by atoms with Gasteiger partial charge in [-0.2, -0.15) is 0 Å². The van der Waals surface area contributed by atoms with Crippen molar-refractivity contribution in [2.24, 2.45) is 0 Å². The van der Waals surface area contributed by atoms with E-state index in [0.29, 0.717) is 18.7 Å². The minimum absolute atomic E-state index is 0.0545. The molecule has 2 aliphatic rings. The van der Waals surface area contributed by atoms with E-state index < -0.39 is 0 Å². The quantitative estimate of drug-likeness (QED) is 0.766. The highest BCUT2D eigenvalue weighted by molar-refractivity contribution is 5.97. The fraction of sp³-hybridized carbons (Fsp3) is 0.467. The molecule has 3 rings (SSSR count). The molecule has 6 nitrogen and oxygen atoms in total. The molecule has 2 aliphatic heterocycles. The number of hydrogen-bond acceptors (Lipinski definition) is 3. The Labute approximate surface area is 123 Å². The molecule has 21 heavy (non-hydrogen) atoms. The van der Waals surface area contributed by atoms with Gasteiger partial charge in [-0.3, -0.25) is 9.69 Å². The van der Waals surface area contributed by atoms with Crippen molar-refractivity contribution < 1.29 is 9.59 Å². The van der Waals surface area contributed by atoms with Crippen LogP contribution in [0.15, 0.2) is 24.3 Å². The smallest absolute Gasteiger partial charge is 0.321 e. The van der Waals surface area contributed by atoms with Crippen molar-refractivity contribution in [2.45, 2.75) is 18.9 Å². The number of anilines is 1. The van der Waals surface area contributed by atoms with Gasteiger partial charge < -0.3 is 16.0 Å². The van der Waals surface area contributed by atoms with Crippen LogP contribution < -0.4 is 20.9 Å². The lowest BCUT2D eigenvalue weighted by Gasteiger charge is -2.23. The Bertz CT molecular complexity index is 523. The predicted octanol–water partition coefficient (Wildman–Crippen LogP) is 0.698. The van der Waals surface area contributed by atoms with Crippen LogP contribution >= 0.6 is 0 Å². The summed E-state index contributed by atoms with van der Waals surface area (Å²) in [5.41, 5.74) is 1.45. The van der Waals surface area contributed by atoms with Crippen LogP contribution in [0.3, 0.4) is 0 Å². The molecule has 0 saturated carbocycles. The number of carbonyl (C=O) groups excluding carboxylic acids is 2. The first-order chi connectivity index (χ1) is 10.2. The van der Waals surface area contributed by atoms with E-state index in [1.807, 2.05) is 12.1 Å². The maximum Gasteiger partial charge on any atom is 0.321 e. The fourth-order valence-corrected chi connectivity index (χ4v) is 2.75. The van der Waals surface area contributed by atoms with Gasteiger partial charge in [0.1, 0.15) is 0 Å². The number of hydrogen-bond donors (Lipinski definition) is 3. The van der Waals surface area contributed by atoms with Crippen LogP contribution in [0.5, 0.6) is 0 Å². The maximum atomic E-state index is 12.2. The fourth-order valence-electron chi connectivity index (χ4n) is 2.75. The summed E-state index contributed by atoms with van der Waals surface area (Å²) in [6.07, 6.45) is 2.11. The van der Waals surface area contributed by atoms with E-state index in [2.05, 4.69) is 16.0 Å². The first-order valence-electron chi connectivity index (χ1n) is 7.41. The minimum Gasteiger partial charge on any atom is -0.348 e. The Kier molecular flexibility index (Phi) is 4.06. The largest absolute Gasteiger partial charge is 0.348 e. The Morgan fingerprint density at radius 2 is 2.05 bits per heavy atom. The van der Waals surface area contributed by atoms with Crippen LogP contribution in [0.2, 0.25) is 0 Å². The SMILES string of the molecule is O=C(NC1CCCNC1)c1ccc(N2CCNC2=O)cc1. The number of benzene rings is 1. The van der Waals surface area contributed by atoms with Crippen molar-refractivity contribution in [1.29, 1.82) is 0 Å². The van der Waals surface area contributed by atoms with Gasteiger partial charge in [0.15, 0.2) is 0 Å². The van der Waals surface area contributed by atoms with Gasteiger partial charge in [-0.05, 0) is 43.7 Å². The second kappa shape index (κ2) is 6.13. The molecular formula is C15H20N4O2. The van der Waals surface area contributed by atoms with Gasteiger partial charge in [0.05, 0.1) is 0 Å². The number of amides is 3. The molecule has 0 radical (unpaired) electrons. The van der Waals surface area contributed by atoms with Gasteiger partial charge in [0.2, 0.25) is 0 Å². The molecule has 1 atom stereocenters. The van der Waals surface area contributed by atoms with Gasteiger partial charge in [-0.1, -0.05) is 0 Å². The van der Waals surface area contributed by atoms with Crippen molar-refractivity contribution in [2.75, 3.05) is 31.1 Å². The molecule has 3 amide bonds. The molecule has 112 valence electrons. The lowest BCUT2D eigenvalue weighted by atomic mass is 10.1. The van der Waals surface area contributed by atoms with E-state index in [-0.39, 0.29) is 18.0 Å². The normalized spacial score (nSPS) is 22.0. The number of nitrogens with one attached hydrogen (secondary N) is 3. The molecule has 2 saturated heterocycles. The van der Waals surface area contributed by atoms with Crippen LogP contribution in [0.4, 0.5) is 10.5 Å². The molecule has 0 aliphatic carbocycles. The van der Waals surface area contributed by atoms with Gasteiger partial charge in [0.25, 0.3) is 5.91 Å². The highest BCUT2D eigenvalue weighted by Crippen LogP contribution is 2.17. The Balaban J connectivity index is 1.63. The molecule has 1 aromatic rings. The second-order valence-electron chi connectivity index (χ2n) is 5.45. The van der Waals surface area contributed by atoms with E-state index in [0.717, 1.165) is 31.6 Å². The Morgan fingerprint density at radius 1 is 1.24 bits per heavy atom. The number of piperidine rings is 1. The minimum atomic E-state index is -0.0829. The van der Waals surface area contributed by atoms with Crippen molar-refractivity contribution >= 4 is 17.6 Å². The molecule has 3 N–H and O–H groups in total. The lowest BCUT2D eigenvalue weighted by Crippen LogP contribution is -2.45. The van der Waals surface area contributed by atoms with Crippen LogP contribution in [0, 0.1) is 0 Å². The number of carbonyl (C=O) groups is 2. The zero-order valence-electron chi connectivity index (χ0n) is 11.9. The number of urea groups is 1. The molecule has 6 heteroatoms. The number of nitrogens with zero attached hydrogens (tertiary/aromatic N) is 1. The Morgan fingerprint density at radius 3 is 2.67 bits per heavy atom. The first kappa shape index (κ1) is 13.9. The zero-order valence-corrected chi connectivity index (χ0v) is 11.9. The lowest BCUT2D eigenvalue weighted by molar-refractivity contribution is 0.0930. The summed E-state index contributed by atoms with van der Waals surface area (Å²) >= 11 is 0. The van der Waals surface area contributed by atoms with Gasteiger partial charge in [-0.15, -0.1) is 0 Å². The standard InChI is InChI=1S/C15H20N4O2/c20-14(18-12-2-1-7-16-10-12)11-3-5-13(6-4-11)19-9-8-17-15(19)21/h3-6,12,16H,1-2,7-10H2,(H,17,21)(H,18,20). The van der Waals surface area contributed by atoms with Crippen LogP contribution in [-0.4, -0.2) is 44.2 Å². The highest BCUT2D eigenvalue weighted by Gasteiger charge is 2.21. The van der Waals surface area contributed by atoms with Crippen molar-refractivity contribution in [3.63, 3.8) is 0 Å². The summed E-state index contributed by atoms with van der Waals surface area (Å²) in [6, 6.07) is 7.30. The summed E-state index contributed by atoms with van der Waals surface area (Å²) < 4.78 is 0. The van der Waals surface area contributed by atoms with E-state index >= 15 is 0 Å². The van der Waals surface area contributed by atoms with Crippen molar-refractivity contribution in [1.82, 2.24) is 16.0 Å². The first-order valence-corrected chi connectivity index (χ1v) is 7.41. The summed E-state index contributed by atoms with van der Waals surface area (Å²) in [5, 5.41) is 9.08. The molecule has 1 aromatic carbocycles. The van der Waals surface area contributed by atoms with Crippen LogP contribution in [-0.2, 0) is 0 Å². The predicted molar refractivity (Wildman–Crippen MR) is 80.5 cm³/mol. The third-order valence-corrected chi connectivity index (χ3v) is 3.93. The molecular weight excluding hydrogens is 268 g/mol. The van der Waals surface area contributed by atoms with Crippen LogP contribution in [0.25, 0.3) is 0 Å². The highest BCUT2D eigenvalue weighted by atomic mass is 16.2. The van der Waals surface area contributed by atoms with E-state index in [1.54, 1.807) is 17.0 Å². The van der Waals surface area contributed by atoms with Crippen molar-refractivity contribution in [3.8, 4) is 0 Å². The Hall–Kier alpha value is -2.08. The van der Waals surface area contributed by atoms with E-state index in [9.17, 15) is 9.59 Å². The maximum absolute atomic E-state index is 12.2. The summed E-state index contributed by atoms with van der Waals surface area (Å²) in [5.74, 6) is -0.0545. The van der Waals surface area contributed by atoms with Crippen molar-refractivity contribution in [3.05, 3.63) is 29.8 Å². The molecule has 1 unspecified atom stereocenters. The monoisotopic (exact) mass is 288 g/mol. The average molecular weight is 288 g/mol. The van der Waals surface area contributed by atoms with Gasteiger partial charge in [0, 0.05) is 36.9 Å². The second-order valence-corrected chi connectivity index (χ2v) is 5.45. The third kappa shape index (κ3) is 3.16. The summed E-state index contributed by atoms with van der Waals surface area (Å²) in [6.45, 7) is 3.19. The van der Waals surface area contributed by atoms with Crippen LogP contribution in [0.1, 0.15) is 23.2 Å². The number of rotatable bonds is 3. The third-order valence-electron chi connectivity index (χ3n) is 3.93. The average Bonchev–Trinajstić information content (AvgIpc) is 2.94. The topological polar surface area (TPSA) is 73.5 Å². The van der Waals surface area contributed by atoms with E-state index in [1.165, 1.54) is 0 Å². The molecule has 2 fully saturated rings. The molecule has 0 bridgehead atoms. The van der Waals surface area contributed by atoms with Gasteiger partial charge in [-0.25, -0.2) is 4.79 Å². The summed E-state index contributed by atoms with van der Waals surface area (Å²) in [4.78, 5) is 25.4. The molecule has 2 heterocycles. The van der Waals surface area contributed by atoms with E-state index in [4.69, 9.17) is 0 Å². The summed E-state index contributed by atoms with van der Waals surface area (Å²) in [7, 11) is 0. The zero-order chi connectivity index (χ0) is 14.7. The van der Waals surface area contributed by atoms with Gasteiger partial charge >= 0.3 is 6.03 Å².